The maximum atomic E-state index is 12.8. The van der Waals surface area contributed by atoms with Crippen molar-refractivity contribution in [2.45, 2.75) is 24.4 Å². The average Bonchev–Trinajstić information content (AvgIpc) is 2.35. The van der Waals surface area contributed by atoms with Gasteiger partial charge in [-0.3, -0.25) is 4.79 Å². The molecule has 0 saturated carbocycles. The number of alkyl halides is 2. The van der Waals surface area contributed by atoms with Crippen molar-refractivity contribution in [1.29, 1.82) is 0 Å². The highest BCUT2D eigenvalue weighted by atomic mass is 19.3. The third-order valence-electron chi connectivity index (χ3n) is 2.18. The van der Waals surface area contributed by atoms with Gasteiger partial charge in [-0.2, -0.15) is 0 Å². The summed E-state index contributed by atoms with van der Waals surface area (Å²) in [5.41, 5.74) is 0. The number of nitrogens with one attached hydrogen (secondary N) is 2. The van der Waals surface area contributed by atoms with E-state index in [9.17, 15) is 13.6 Å². The summed E-state index contributed by atoms with van der Waals surface area (Å²) in [6, 6.07) is -1.34. The number of hydrogen-bond donors (Lipinski definition) is 2. The predicted octanol–water partition coefficient (Wildman–Crippen LogP) is -0.518. The van der Waals surface area contributed by atoms with E-state index in [1.165, 1.54) is 0 Å². The molecule has 0 spiro atoms. The van der Waals surface area contributed by atoms with Crippen molar-refractivity contribution in [3.05, 3.63) is 0 Å². The van der Waals surface area contributed by atoms with Gasteiger partial charge in [-0.05, 0) is 0 Å². The number of rotatable bonds is 0. The van der Waals surface area contributed by atoms with Crippen LogP contribution in [0.4, 0.5) is 8.78 Å². The van der Waals surface area contributed by atoms with Gasteiger partial charge in [-0.25, -0.2) is 8.78 Å². The lowest BCUT2D eigenvalue weighted by Crippen LogP contribution is -2.43. The summed E-state index contributed by atoms with van der Waals surface area (Å²) < 4.78 is 25.6. The molecule has 0 unspecified atom stereocenters. The second-order valence-corrected chi connectivity index (χ2v) is 3.00. The molecule has 2 atom stereocenters. The van der Waals surface area contributed by atoms with Crippen LogP contribution < -0.4 is 10.6 Å². The summed E-state index contributed by atoms with van der Waals surface area (Å²) in [5, 5.41) is 4.86. The van der Waals surface area contributed by atoms with Gasteiger partial charge in [0.15, 0.2) is 0 Å². The van der Waals surface area contributed by atoms with Gasteiger partial charge < -0.3 is 10.6 Å². The van der Waals surface area contributed by atoms with Crippen LogP contribution in [0, 0.1) is 0 Å². The third-order valence-corrected chi connectivity index (χ3v) is 2.18. The zero-order chi connectivity index (χ0) is 8.06. The highest BCUT2D eigenvalue weighted by molar-refractivity contribution is 5.80. The Bertz CT molecular complexity index is 207. The quantitative estimate of drug-likeness (QED) is 0.503. The van der Waals surface area contributed by atoms with Crippen LogP contribution in [0.25, 0.3) is 0 Å². The highest BCUT2D eigenvalue weighted by Gasteiger charge is 2.54. The zero-order valence-electron chi connectivity index (χ0n) is 5.73. The standard InChI is InChI=1S/C6H8F2N2O/c7-6(8)2-9-3-1-4(11)10-5(3)6/h3,5,9H,1-2H2,(H,10,11)/t3-,5+/m1/s1. The van der Waals surface area contributed by atoms with Crippen molar-refractivity contribution in [2.75, 3.05) is 6.54 Å². The van der Waals surface area contributed by atoms with Gasteiger partial charge >= 0.3 is 0 Å². The van der Waals surface area contributed by atoms with Crippen molar-refractivity contribution >= 4 is 5.91 Å². The van der Waals surface area contributed by atoms with Crippen molar-refractivity contribution in [2.24, 2.45) is 0 Å². The molecule has 2 aliphatic heterocycles. The van der Waals surface area contributed by atoms with Crippen LogP contribution in [0.2, 0.25) is 0 Å². The van der Waals surface area contributed by atoms with E-state index in [2.05, 4.69) is 10.6 Å². The van der Waals surface area contributed by atoms with Crippen LogP contribution in [0.3, 0.4) is 0 Å². The summed E-state index contributed by atoms with van der Waals surface area (Å²) >= 11 is 0. The highest BCUT2D eigenvalue weighted by Crippen LogP contribution is 2.30. The number of amides is 1. The Morgan fingerprint density at radius 3 is 2.91 bits per heavy atom. The summed E-state index contributed by atoms with van der Waals surface area (Å²) in [6.07, 6.45) is 0.181. The van der Waals surface area contributed by atoms with E-state index >= 15 is 0 Å². The van der Waals surface area contributed by atoms with Crippen LogP contribution in [-0.2, 0) is 4.79 Å². The molecule has 3 nitrogen and oxygen atoms in total. The van der Waals surface area contributed by atoms with Crippen molar-refractivity contribution in [3.8, 4) is 0 Å². The van der Waals surface area contributed by atoms with E-state index in [4.69, 9.17) is 0 Å². The first kappa shape index (κ1) is 6.97. The number of carbonyl (C=O) groups is 1. The molecule has 0 aromatic rings. The lowest BCUT2D eigenvalue weighted by atomic mass is 10.1. The van der Waals surface area contributed by atoms with Crippen LogP contribution in [0.15, 0.2) is 0 Å². The second kappa shape index (κ2) is 1.91. The molecule has 0 bridgehead atoms. The summed E-state index contributed by atoms with van der Waals surface area (Å²) in [7, 11) is 0. The Kier molecular flexibility index (Phi) is 1.21. The Morgan fingerprint density at radius 2 is 2.27 bits per heavy atom. The Labute approximate surface area is 62.1 Å². The molecular weight excluding hydrogens is 154 g/mol. The second-order valence-electron chi connectivity index (χ2n) is 3.00. The first-order valence-corrected chi connectivity index (χ1v) is 3.50. The lowest BCUT2D eigenvalue weighted by Gasteiger charge is -2.15. The molecule has 0 aromatic heterocycles. The minimum absolute atomic E-state index is 0.181. The Morgan fingerprint density at radius 1 is 1.55 bits per heavy atom. The van der Waals surface area contributed by atoms with Gasteiger partial charge in [0, 0.05) is 12.5 Å². The SMILES string of the molecule is O=C1C[C@H]2NCC(F)(F)[C@H]2N1. The normalized spacial score (nSPS) is 40.4. The molecule has 2 heterocycles. The maximum absolute atomic E-state index is 12.8. The topological polar surface area (TPSA) is 41.1 Å². The molecule has 2 fully saturated rings. The van der Waals surface area contributed by atoms with Gasteiger partial charge in [-0.1, -0.05) is 0 Å². The van der Waals surface area contributed by atoms with Crippen LogP contribution >= 0.6 is 0 Å². The van der Waals surface area contributed by atoms with E-state index in [0.29, 0.717) is 0 Å². The fourth-order valence-corrected chi connectivity index (χ4v) is 1.62. The van der Waals surface area contributed by atoms with E-state index in [-0.39, 0.29) is 24.9 Å². The first-order chi connectivity index (χ1) is 5.09. The molecule has 2 N–H and O–H groups in total. The summed E-state index contributed by atoms with van der Waals surface area (Å²) in [5.74, 6) is -3.05. The van der Waals surface area contributed by atoms with Gasteiger partial charge in [0.1, 0.15) is 6.04 Å². The number of fused-ring (bicyclic) bond motifs is 1. The molecular formula is C6H8F2N2O. The maximum Gasteiger partial charge on any atom is 0.281 e. The third kappa shape index (κ3) is 0.910. The lowest BCUT2D eigenvalue weighted by molar-refractivity contribution is -0.121. The molecule has 0 radical (unpaired) electrons. The molecule has 0 aromatic carbocycles. The molecule has 2 rings (SSSR count). The Hall–Kier alpha value is -0.710. The largest absolute Gasteiger partial charge is 0.346 e. The molecule has 0 aliphatic carbocycles. The molecule has 11 heavy (non-hydrogen) atoms. The van der Waals surface area contributed by atoms with Gasteiger partial charge in [-0.15, -0.1) is 0 Å². The number of hydrogen-bond acceptors (Lipinski definition) is 2. The van der Waals surface area contributed by atoms with Gasteiger partial charge in [0.25, 0.3) is 5.92 Å². The molecule has 62 valence electrons. The van der Waals surface area contributed by atoms with Gasteiger partial charge in [0.05, 0.1) is 6.54 Å². The van der Waals surface area contributed by atoms with Crippen LogP contribution in [0.1, 0.15) is 6.42 Å². The van der Waals surface area contributed by atoms with E-state index in [1.807, 2.05) is 0 Å². The molecule has 5 heteroatoms. The van der Waals surface area contributed by atoms with Crippen molar-refractivity contribution < 1.29 is 13.6 Å². The summed E-state index contributed by atoms with van der Waals surface area (Å²) in [6.45, 7) is -0.317. The number of carbonyl (C=O) groups excluding carboxylic acids is 1. The van der Waals surface area contributed by atoms with E-state index in [0.717, 1.165) is 0 Å². The first-order valence-electron chi connectivity index (χ1n) is 3.50. The fourth-order valence-electron chi connectivity index (χ4n) is 1.62. The minimum Gasteiger partial charge on any atom is -0.346 e. The fraction of sp³-hybridized carbons (Fsp3) is 0.833. The molecule has 2 aliphatic rings. The molecule has 2 saturated heterocycles. The van der Waals surface area contributed by atoms with Crippen LogP contribution in [0.5, 0.6) is 0 Å². The van der Waals surface area contributed by atoms with Crippen molar-refractivity contribution in [1.82, 2.24) is 10.6 Å². The van der Waals surface area contributed by atoms with E-state index < -0.39 is 12.0 Å². The zero-order valence-corrected chi connectivity index (χ0v) is 5.73. The van der Waals surface area contributed by atoms with Crippen molar-refractivity contribution in [3.63, 3.8) is 0 Å². The van der Waals surface area contributed by atoms with Crippen LogP contribution in [-0.4, -0.2) is 30.5 Å². The monoisotopic (exact) mass is 162 g/mol. The predicted molar refractivity (Wildman–Crippen MR) is 33.3 cm³/mol. The molecule has 1 amide bonds. The smallest absolute Gasteiger partial charge is 0.281 e. The van der Waals surface area contributed by atoms with E-state index in [1.54, 1.807) is 0 Å². The minimum atomic E-state index is -2.77. The number of halogens is 2. The average molecular weight is 162 g/mol. The summed E-state index contributed by atoms with van der Waals surface area (Å²) in [4.78, 5) is 10.7. The van der Waals surface area contributed by atoms with Gasteiger partial charge in [0.2, 0.25) is 5.91 Å². The Balaban J connectivity index is 2.19.